The zero-order valence-corrected chi connectivity index (χ0v) is 11.6. The Labute approximate surface area is 114 Å². The summed E-state index contributed by atoms with van der Waals surface area (Å²) < 4.78 is 7.67. The Balaban J connectivity index is 1.67. The van der Waals surface area contributed by atoms with Crippen molar-refractivity contribution in [2.75, 3.05) is 13.2 Å². The van der Waals surface area contributed by atoms with Crippen LogP contribution in [-0.4, -0.2) is 22.9 Å². The highest BCUT2D eigenvalue weighted by Gasteiger charge is 1.99. The Morgan fingerprint density at radius 2 is 2.21 bits per heavy atom. The van der Waals surface area contributed by atoms with E-state index in [4.69, 9.17) is 4.74 Å². The van der Waals surface area contributed by atoms with Gasteiger partial charge in [0.05, 0.1) is 5.69 Å². The first-order valence-corrected chi connectivity index (χ1v) is 6.70. The van der Waals surface area contributed by atoms with Gasteiger partial charge in [0.2, 0.25) is 0 Å². The number of nitrogens with zero attached hydrogens (tertiary/aromatic N) is 2. The van der Waals surface area contributed by atoms with Crippen molar-refractivity contribution >= 4 is 0 Å². The van der Waals surface area contributed by atoms with Crippen molar-refractivity contribution in [1.29, 1.82) is 0 Å². The standard InChI is InChI=1S/C15H21N3O/c1-3-18-14(7-8-17-18)12-16-9-10-19-15-6-4-5-13(2)11-15/h4-8,11,16H,3,9-10,12H2,1-2H3. The number of hydrogen-bond donors (Lipinski definition) is 1. The van der Waals surface area contributed by atoms with Crippen LogP contribution in [0.3, 0.4) is 0 Å². The van der Waals surface area contributed by atoms with E-state index in [1.54, 1.807) is 0 Å². The molecule has 1 N–H and O–H groups in total. The highest BCUT2D eigenvalue weighted by molar-refractivity contribution is 5.27. The fourth-order valence-electron chi connectivity index (χ4n) is 1.96. The van der Waals surface area contributed by atoms with Gasteiger partial charge in [0.25, 0.3) is 0 Å². The van der Waals surface area contributed by atoms with Crippen molar-refractivity contribution in [3.8, 4) is 5.75 Å². The maximum atomic E-state index is 5.68. The Bertz CT molecular complexity index is 508. The van der Waals surface area contributed by atoms with Gasteiger partial charge in [0, 0.05) is 25.8 Å². The van der Waals surface area contributed by atoms with E-state index >= 15 is 0 Å². The van der Waals surface area contributed by atoms with Gasteiger partial charge >= 0.3 is 0 Å². The first-order valence-electron chi connectivity index (χ1n) is 6.70. The van der Waals surface area contributed by atoms with Crippen LogP contribution in [0.2, 0.25) is 0 Å². The summed E-state index contributed by atoms with van der Waals surface area (Å²) in [6, 6.07) is 10.2. The number of benzene rings is 1. The van der Waals surface area contributed by atoms with E-state index < -0.39 is 0 Å². The van der Waals surface area contributed by atoms with E-state index in [9.17, 15) is 0 Å². The minimum absolute atomic E-state index is 0.670. The molecule has 0 aliphatic rings. The lowest BCUT2D eigenvalue weighted by atomic mass is 10.2. The zero-order valence-electron chi connectivity index (χ0n) is 11.6. The molecule has 0 amide bonds. The van der Waals surface area contributed by atoms with Crippen LogP contribution in [0.15, 0.2) is 36.5 Å². The lowest BCUT2D eigenvalue weighted by Crippen LogP contribution is -2.22. The summed E-state index contributed by atoms with van der Waals surface area (Å²) in [4.78, 5) is 0. The molecule has 102 valence electrons. The van der Waals surface area contributed by atoms with Gasteiger partial charge in [-0.1, -0.05) is 12.1 Å². The fraction of sp³-hybridized carbons (Fsp3) is 0.400. The van der Waals surface area contributed by atoms with Crippen molar-refractivity contribution in [3.63, 3.8) is 0 Å². The average Bonchev–Trinajstić information content (AvgIpc) is 2.86. The SMILES string of the molecule is CCn1nccc1CNCCOc1cccc(C)c1. The minimum atomic E-state index is 0.670. The van der Waals surface area contributed by atoms with E-state index in [2.05, 4.69) is 30.3 Å². The second-order valence-corrected chi connectivity index (χ2v) is 4.48. The van der Waals surface area contributed by atoms with Crippen LogP contribution in [0.5, 0.6) is 5.75 Å². The normalized spacial score (nSPS) is 10.6. The van der Waals surface area contributed by atoms with Crippen LogP contribution in [-0.2, 0) is 13.1 Å². The van der Waals surface area contributed by atoms with E-state index in [1.807, 2.05) is 35.1 Å². The molecule has 4 heteroatoms. The molecule has 0 fully saturated rings. The molecule has 0 bridgehead atoms. The minimum Gasteiger partial charge on any atom is -0.492 e. The van der Waals surface area contributed by atoms with Gasteiger partial charge in [-0.3, -0.25) is 4.68 Å². The molecule has 0 spiro atoms. The maximum Gasteiger partial charge on any atom is 0.119 e. The molecule has 0 unspecified atom stereocenters. The van der Waals surface area contributed by atoms with Crippen LogP contribution in [0, 0.1) is 6.92 Å². The lowest BCUT2D eigenvalue weighted by Gasteiger charge is -2.09. The number of rotatable bonds is 7. The molecule has 0 aliphatic heterocycles. The molecule has 2 rings (SSSR count). The van der Waals surface area contributed by atoms with Gasteiger partial charge in [-0.05, 0) is 37.6 Å². The summed E-state index contributed by atoms with van der Waals surface area (Å²) in [5, 5.41) is 7.60. The molecule has 19 heavy (non-hydrogen) atoms. The zero-order chi connectivity index (χ0) is 13.5. The van der Waals surface area contributed by atoms with Gasteiger partial charge < -0.3 is 10.1 Å². The molecule has 0 saturated carbocycles. The summed E-state index contributed by atoms with van der Waals surface area (Å²) in [6.45, 7) is 7.38. The van der Waals surface area contributed by atoms with Crippen LogP contribution in [0.4, 0.5) is 0 Å². The summed E-state index contributed by atoms with van der Waals surface area (Å²) in [7, 11) is 0. The number of nitrogens with one attached hydrogen (secondary N) is 1. The van der Waals surface area contributed by atoms with Crippen molar-refractivity contribution < 1.29 is 4.74 Å². The average molecular weight is 259 g/mol. The van der Waals surface area contributed by atoms with E-state index in [1.165, 1.54) is 11.3 Å². The third kappa shape index (κ3) is 4.10. The van der Waals surface area contributed by atoms with Gasteiger partial charge in [0.15, 0.2) is 0 Å². The monoisotopic (exact) mass is 259 g/mol. The number of aromatic nitrogens is 2. The lowest BCUT2D eigenvalue weighted by molar-refractivity contribution is 0.312. The highest BCUT2D eigenvalue weighted by Crippen LogP contribution is 2.11. The first kappa shape index (κ1) is 13.6. The molecule has 0 radical (unpaired) electrons. The number of ether oxygens (including phenoxy) is 1. The first-order chi connectivity index (χ1) is 9.29. The number of hydrogen-bond acceptors (Lipinski definition) is 3. The van der Waals surface area contributed by atoms with E-state index in [0.29, 0.717) is 6.61 Å². The molecule has 0 atom stereocenters. The van der Waals surface area contributed by atoms with Crippen molar-refractivity contribution in [2.24, 2.45) is 0 Å². The van der Waals surface area contributed by atoms with Gasteiger partial charge in [-0.25, -0.2) is 0 Å². The highest BCUT2D eigenvalue weighted by atomic mass is 16.5. The molecule has 0 saturated heterocycles. The third-order valence-electron chi connectivity index (χ3n) is 2.95. The number of aryl methyl sites for hydroxylation is 2. The van der Waals surface area contributed by atoms with Gasteiger partial charge in [0.1, 0.15) is 12.4 Å². The van der Waals surface area contributed by atoms with Crippen molar-refractivity contribution in [2.45, 2.75) is 26.9 Å². The van der Waals surface area contributed by atoms with Crippen molar-refractivity contribution in [3.05, 3.63) is 47.8 Å². The summed E-state index contributed by atoms with van der Waals surface area (Å²) in [5.41, 5.74) is 2.43. The van der Waals surface area contributed by atoms with E-state index in [-0.39, 0.29) is 0 Å². The third-order valence-corrected chi connectivity index (χ3v) is 2.95. The summed E-state index contributed by atoms with van der Waals surface area (Å²) >= 11 is 0. The predicted octanol–water partition coefficient (Wildman–Crippen LogP) is 2.38. The summed E-state index contributed by atoms with van der Waals surface area (Å²) in [6.07, 6.45) is 1.84. The molecule has 4 nitrogen and oxygen atoms in total. The smallest absolute Gasteiger partial charge is 0.119 e. The van der Waals surface area contributed by atoms with Crippen LogP contribution in [0.25, 0.3) is 0 Å². The van der Waals surface area contributed by atoms with E-state index in [0.717, 1.165) is 25.4 Å². The Kier molecular flexibility index (Phi) is 4.98. The predicted molar refractivity (Wildman–Crippen MR) is 76.3 cm³/mol. The fourth-order valence-corrected chi connectivity index (χ4v) is 1.96. The Hall–Kier alpha value is -1.81. The van der Waals surface area contributed by atoms with Crippen LogP contribution in [0.1, 0.15) is 18.2 Å². The van der Waals surface area contributed by atoms with Crippen LogP contribution >= 0.6 is 0 Å². The molecule has 1 heterocycles. The Morgan fingerprint density at radius 1 is 1.32 bits per heavy atom. The molecule has 2 aromatic rings. The van der Waals surface area contributed by atoms with Gasteiger partial charge in [-0.15, -0.1) is 0 Å². The maximum absolute atomic E-state index is 5.68. The van der Waals surface area contributed by atoms with Crippen LogP contribution < -0.4 is 10.1 Å². The molecular weight excluding hydrogens is 238 g/mol. The van der Waals surface area contributed by atoms with Gasteiger partial charge in [-0.2, -0.15) is 5.10 Å². The quantitative estimate of drug-likeness (QED) is 0.776. The molecule has 1 aromatic carbocycles. The molecule has 0 aliphatic carbocycles. The van der Waals surface area contributed by atoms with Crippen molar-refractivity contribution in [1.82, 2.24) is 15.1 Å². The summed E-state index contributed by atoms with van der Waals surface area (Å²) in [5.74, 6) is 0.931. The topological polar surface area (TPSA) is 39.1 Å². The molecule has 1 aromatic heterocycles. The second-order valence-electron chi connectivity index (χ2n) is 4.48. The Morgan fingerprint density at radius 3 is 3.00 bits per heavy atom. The largest absolute Gasteiger partial charge is 0.492 e. The second kappa shape index (κ2) is 6.95. The molecular formula is C15H21N3O.